The summed E-state index contributed by atoms with van der Waals surface area (Å²) in [5.41, 5.74) is 1.65. The van der Waals surface area contributed by atoms with E-state index in [0.717, 1.165) is 22.9 Å². The number of halogens is 2. The van der Waals surface area contributed by atoms with Gasteiger partial charge in [0, 0.05) is 4.47 Å². The summed E-state index contributed by atoms with van der Waals surface area (Å²) in [5, 5.41) is 0. The topological polar surface area (TPSA) is 26.3 Å². The Balaban J connectivity index is 2.30. The predicted molar refractivity (Wildman–Crippen MR) is 61.6 cm³/mol. The molecule has 1 aliphatic rings. The first-order valence-electron chi connectivity index (χ1n) is 5.16. The maximum atomic E-state index is 13.7. The number of benzene rings is 1. The van der Waals surface area contributed by atoms with Crippen molar-refractivity contribution in [3.63, 3.8) is 0 Å². The molecule has 0 aliphatic heterocycles. The van der Waals surface area contributed by atoms with Crippen molar-refractivity contribution in [2.75, 3.05) is 7.11 Å². The Bertz CT molecular complexity index is 431. The van der Waals surface area contributed by atoms with E-state index < -0.39 is 0 Å². The molecule has 0 spiro atoms. The van der Waals surface area contributed by atoms with Crippen molar-refractivity contribution in [3.05, 3.63) is 33.5 Å². The van der Waals surface area contributed by atoms with Crippen molar-refractivity contribution in [3.8, 4) is 0 Å². The number of esters is 1. The van der Waals surface area contributed by atoms with Gasteiger partial charge in [0.2, 0.25) is 0 Å². The van der Waals surface area contributed by atoms with Crippen molar-refractivity contribution < 1.29 is 13.9 Å². The van der Waals surface area contributed by atoms with E-state index >= 15 is 0 Å². The molecular formula is C12H12BrFO2. The van der Waals surface area contributed by atoms with Gasteiger partial charge in [0.1, 0.15) is 5.82 Å². The molecule has 2 nitrogen and oxygen atoms in total. The van der Waals surface area contributed by atoms with E-state index in [1.165, 1.54) is 13.2 Å². The Labute approximate surface area is 102 Å². The summed E-state index contributed by atoms with van der Waals surface area (Å²) in [5.74, 6) is -0.681. The number of hydrogen-bond acceptors (Lipinski definition) is 2. The van der Waals surface area contributed by atoms with Crippen LogP contribution in [0.4, 0.5) is 4.39 Å². The van der Waals surface area contributed by atoms with E-state index in [4.69, 9.17) is 4.74 Å². The minimum Gasteiger partial charge on any atom is -0.469 e. The average molecular weight is 287 g/mol. The molecular weight excluding hydrogens is 275 g/mol. The fraction of sp³-hybridized carbons (Fsp3) is 0.417. The van der Waals surface area contributed by atoms with Gasteiger partial charge in [-0.2, -0.15) is 0 Å². The monoisotopic (exact) mass is 286 g/mol. The second-order valence-corrected chi connectivity index (χ2v) is 4.90. The molecule has 1 aromatic rings. The Morgan fingerprint density at radius 1 is 1.56 bits per heavy atom. The smallest absolute Gasteiger partial charge is 0.309 e. The van der Waals surface area contributed by atoms with Crippen LogP contribution in [-0.4, -0.2) is 13.1 Å². The minimum absolute atomic E-state index is 0.201. The molecule has 0 saturated heterocycles. The molecule has 2 rings (SSSR count). The highest BCUT2D eigenvalue weighted by molar-refractivity contribution is 9.10. The molecule has 0 fully saturated rings. The number of carbonyl (C=O) groups is 1. The lowest BCUT2D eigenvalue weighted by atomic mass is 9.84. The van der Waals surface area contributed by atoms with Crippen LogP contribution in [0.1, 0.15) is 17.5 Å². The van der Waals surface area contributed by atoms with Crippen LogP contribution in [-0.2, 0) is 22.4 Å². The Hall–Kier alpha value is -0.900. The van der Waals surface area contributed by atoms with Crippen molar-refractivity contribution in [1.82, 2.24) is 0 Å². The molecule has 1 unspecified atom stereocenters. The predicted octanol–water partition coefficient (Wildman–Crippen LogP) is 2.87. The normalized spacial score (nSPS) is 19.1. The van der Waals surface area contributed by atoms with E-state index in [9.17, 15) is 9.18 Å². The molecule has 0 saturated carbocycles. The van der Waals surface area contributed by atoms with Crippen LogP contribution in [0.3, 0.4) is 0 Å². The number of ether oxygens (including phenoxy) is 1. The van der Waals surface area contributed by atoms with E-state index in [1.807, 2.05) is 6.07 Å². The summed E-state index contributed by atoms with van der Waals surface area (Å²) < 4.78 is 19.1. The van der Waals surface area contributed by atoms with Gasteiger partial charge < -0.3 is 4.74 Å². The first kappa shape index (κ1) is 11.6. The largest absolute Gasteiger partial charge is 0.469 e. The van der Waals surface area contributed by atoms with Crippen molar-refractivity contribution >= 4 is 21.9 Å². The maximum absolute atomic E-state index is 13.7. The van der Waals surface area contributed by atoms with E-state index in [0.29, 0.717) is 12.0 Å². The number of hydrogen-bond donors (Lipinski definition) is 0. The van der Waals surface area contributed by atoms with E-state index in [1.54, 1.807) is 0 Å². The van der Waals surface area contributed by atoms with Gasteiger partial charge in [-0.1, -0.05) is 15.9 Å². The highest BCUT2D eigenvalue weighted by Crippen LogP contribution is 2.30. The van der Waals surface area contributed by atoms with Gasteiger partial charge in [0.05, 0.1) is 13.0 Å². The third-order valence-corrected chi connectivity index (χ3v) is 3.46. The molecule has 16 heavy (non-hydrogen) atoms. The fourth-order valence-corrected chi connectivity index (χ4v) is 2.63. The second-order valence-electron chi connectivity index (χ2n) is 3.99. The zero-order valence-electron chi connectivity index (χ0n) is 8.93. The van der Waals surface area contributed by atoms with Gasteiger partial charge in [0.15, 0.2) is 0 Å². The van der Waals surface area contributed by atoms with Gasteiger partial charge >= 0.3 is 5.97 Å². The van der Waals surface area contributed by atoms with Crippen molar-refractivity contribution in [1.29, 1.82) is 0 Å². The second kappa shape index (κ2) is 4.53. The molecule has 86 valence electrons. The molecule has 0 radical (unpaired) electrons. The van der Waals surface area contributed by atoms with Gasteiger partial charge in [-0.05, 0) is 42.5 Å². The van der Waals surface area contributed by atoms with Crippen molar-refractivity contribution in [2.45, 2.75) is 19.3 Å². The van der Waals surface area contributed by atoms with Crippen LogP contribution in [0.25, 0.3) is 0 Å². The highest BCUT2D eigenvalue weighted by atomic mass is 79.9. The summed E-state index contributed by atoms with van der Waals surface area (Å²) in [4.78, 5) is 11.4. The summed E-state index contributed by atoms with van der Waals surface area (Å²) in [6.45, 7) is 0. The third-order valence-electron chi connectivity index (χ3n) is 3.00. The summed E-state index contributed by atoms with van der Waals surface area (Å²) in [6.07, 6.45) is 1.90. The first-order valence-corrected chi connectivity index (χ1v) is 5.95. The highest BCUT2D eigenvalue weighted by Gasteiger charge is 2.27. The Morgan fingerprint density at radius 3 is 3.00 bits per heavy atom. The molecule has 0 amide bonds. The number of aryl methyl sites for hydroxylation is 1. The molecule has 1 aromatic carbocycles. The van der Waals surface area contributed by atoms with E-state index in [-0.39, 0.29) is 17.7 Å². The molecule has 1 aliphatic carbocycles. The quantitative estimate of drug-likeness (QED) is 0.742. The van der Waals surface area contributed by atoms with Crippen LogP contribution in [0.15, 0.2) is 16.6 Å². The van der Waals surface area contributed by atoms with Crippen LogP contribution >= 0.6 is 15.9 Å². The lowest BCUT2D eigenvalue weighted by Gasteiger charge is -2.23. The summed E-state index contributed by atoms with van der Waals surface area (Å²) >= 11 is 3.27. The average Bonchev–Trinajstić information content (AvgIpc) is 2.27. The number of rotatable bonds is 1. The van der Waals surface area contributed by atoms with Crippen LogP contribution in [0, 0.1) is 11.7 Å². The number of methoxy groups -OCH3 is 1. The maximum Gasteiger partial charge on any atom is 0.309 e. The molecule has 0 bridgehead atoms. The van der Waals surface area contributed by atoms with Crippen LogP contribution in [0.2, 0.25) is 0 Å². The molecule has 0 heterocycles. The molecule has 0 N–H and O–H groups in total. The first-order chi connectivity index (χ1) is 7.61. The molecule has 4 heteroatoms. The summed E-state index contributed by atoms with van der Waals surface area (Å²) in [7, 11) is 1.37. The third kappa shape index (κ3) is 2.12. The minimum atomic E-state index is -0.243. The Kier molecular flexibility index (Phi) is 3.28. The zero-order valence-corrected chi connectivity index (χ0v) is 10.5. The number of fused-ring (bicyclic) bond motifs is 1. The molecule has 0 aromatic heterocycles. The standard InChI is InChI=1S/C12H12BrFO2/c1-16-12(15)8-3-2-7-4-9(13)6-11(14)10(7)5-8/h4,6,8H,2-3,5H2,1H3. The fourth-order valence-electron chi connectivity index (χ4n) is 2.15. The Morgan fingerprint density at radius 2 is 2.31 bits per heavy atom. The van der Waals surface area contributed by atoms with Gasteiger partial charge in [0.25, 0.3) is 0 Å². The van der Waals surface area contributed by atoms with Crippen molar-refractivity contribution in [2.24, 2.45) is 5.92 Å². The SMILES string of the molecule is COC(=O)C1CCc2cc(Br)cc(F)c2C1. The van der Waals surface area contributed by atoms with E-state index in [2.05, 4.69) is 15.9 Å². The van der Waals surface area contributed by atoms with Gasteiger partial charge in [-0.25, -0.2) is 4.39 Å². The van der Waals surface area contributed by atoms with Crippen LogP contribution in [0.5, 0.6) is 0 Å². The van der Waals surface area contributed by atoms with Gasteiger partial charge in [-0.15, -0.1) is 0 Å². The number of carbonyl (C=O) groups excluding carboxylic acids is 1. The molecule has 1 atom stereocenters. The lowest BCUT2D eigenvalue weighted by molar-refractivity contribution is -0.145. The van der Waals surface area contributed by atoms with Gasteiger partial charge in [-0.3, -0.25) is 4.79 Å². The lowest BCUT2D eigenvalue weighted by Crippen LogP contribution is -2.24. The zero-order chi connectivity index (χ0) is 11.7. The summed E-state index contributed by atoms with van der Waals surface area (Å²) in [6, 6.07) is 3.37. The van der Waals surface area contributed by atoms with Crippen LogP contribution < -0.4 is 0 Å².